The molecular weight excluding hydrogens is 267 g/mol. The lowest BCUT2D eigenvalue weighted by molar-refractivity contribution is -0.148. The Hall–Kier alpha value is -1.95. The maximum Gasteiger partial charge on any atom is 0.338 e. The molecular formula is C14H15FO5. The van der Waals surface area contributed by atoms with E-state index in [2.05, 4.69) is 0 Å². The van der Waals surface area contributed by atoms with E-state index in [4.69, 9.17) is 14.2 Å². The Labute approximate surface area is 115 Å². The van der Waals surface area contributed by atoms with Gasteiger partial charge in [0.1, 0.15) is 12.7 Å². The van der Waals surface area contributed by atoms with Crippen molar-refractivity contribution >= 4 is 11.9 Å². The number of benzene rings is 1. The Morgan fingerprint density at radius 1 is 1.35 bits per heavy atom. The Kier molecular flexibility index (Phi) is 4.68. The highest BCUT2D eigenvalue weighted by molar-refractivity contribution is 5.89. The zero-order valence-electron chi connectivity index (χ0n) is 11.0. The second-order valence-corrected chi connectivity index (χ2v) is 4.43. The highest BCUT2D eigenvalue weighted by atomic mass is 19.1. The van der Waals surface area contributed by atoms with Gasteiger partial charge in [0.15, 0.2) is 12.3 Å². The average Bonchev–Trinajstić information content (AvgIpc) is 2.77. The van der Waals surface area contributed by atoms with Crippen molar-refractivity contribution in [1.82, 2.24) is 0 Å². The van der Waals surface area contributed by atoms with Crippen molar-refractivity contribution in [2.75, 3.05) is 13.2 Å². The fourth-order valence-electron chi connectivity index (χ4n) is 1.91. The summed E-state index contributed by atoms with van der Waals surface area (Å²) >= 11 is 0. The van der Waals surface area contributed by atoms with E-state index in [0.717, 1.165) is 0 Å². The molecule has 0 aliphatic carbocycles. The molecule has 0 spiro atoms. The molecule has 1 heterocycles. The second-order valence-electron chi connectivity index (χ2n) is 4.43. The average molecular weight is 282 g/mol. The summed E-state index contributed by atoms with van der Waals surface area (Å²) in [6.45, 7) is 0.955. The summed E-state index contributed by atoms with van der Waals surface area (Å²) in [5.41, 5.74) is 0.387. The molecule has 1 aliphatic rings. The van der Waals surface area contributed by atoms with Crippen LogP contribution in [0, 0.1) is 0 Å². The van der Waals surface area contributed by atoms with Gasteiger partial charge in [-0.25, -0.2) is 9.18 Å². The van der Waals surface area contributed by atoms with Gasteiger partial charge in [-0.2, -0.15) is 0 Å². The summed E-state index contributed by atoms with van der Waals surface area (Å²) in [5.74, 6) is -1.11. The molecule has 20 heavy (non-hydrogen) atoms. The van der Waals surface area contributed by atoms with E-state index in [0.29, 0.717) is 5.56 Å². The van der Waals surface area contributed by atoms with Crippen LogP contribution >= 0.6 is 0 Å². The SMILES string of the molecule is CC(=O)O[C@H]1CO[C@H](COC(=O)c2ccccc2)[C@@H]1F. The largest absolute Gasteiger partial charge is 0.459 e. The summed E-state index contributed by atoms with van der Waals surface area (Å²) in [7, 11) is 0. The van der Waals surface area contributed by atoms with Crippen molar-refractivity contribution in [3.05, 3.63) is 35.9 Å². The molecule has 6 heteroatoms. The molecule has 108 valence electrons. The first kappa shape index (κ1) is 14.5. The summed E-state index contributed by atoms with van der Waals surface area (Å²) < 4.78 is 28.8. The number of alkyl halides is 1. The van der Waals surface area contributed by atoms with Gasteiger partial charge in [-0.3, -0.25) is 4.79 Å². The van der Waals surface area contributed by atoms with Crippen LogP contribution in [0.5, 0.6) is 0 Å². The summed E-state index contributed by atoms with van der Waals surface area (Å²) in [4.78, 5) is 22.5. The minimum Gasteiger partial charge on any atom is -0.459 e. The lowest BCUT2D eigenvalue weighted by Gasteiger charge is -2.15. The number of carbonyl (C=O) groups is 2. The van der Waals surface area contributed by atoms with Gasteiger partial charge >= 0.3 is 11.9 Å². The van der Waals surface area contributed by atoms with Gasteiger partial charge in [-0.1, -0.05) is 18.2 Å². The van der Waals surface area contributed by atoms with E-state index in [1.54, 1.807) is 30.3 Å². The van der Waals surface area contributed by atoms with Gasteiger partial charge in [0.05, 0.1) is 12.2 Å². The Balaban J connectivity index is 1.83. The van der Waals surface area contributed by atoms with Crippen LogP contribution in [0.25, 0.3) is 0 Å². The molecule has 0 saturated carbocycles. The number of carbonyl (C=O) groups excluding carboxylic acids is 2. The Morgan fingerprint density at radius 2 is 2.05 bits per heavy atom. The van der Waals surface area contributed by atoms with E-state index < -0.39 is 30.3 Å². The molecule has 1 saturated heterocycles. The highest BCUT2D eigenvalue weighted by Gasteiger charge is 2.40. The molecule has 0 unspecified atom stereocenters. The van der Waals surface area contributed by atoms with Gasteiger partial charge in [0.2, 0.25) is 0 Å². The quantitative estimate of drug-likeness (QED) is 0.783. The number of ether oxygens (including phenoxy) is 3. The predicted octanol–water partition coefficient (Wildman–Crippen LogP) is 1.51. The zero-order valence-corrected chi connectivity index (χ0v) is 11.0. The smallest absolute Gasteiger partial charge is 0.338 e. The Morgan fingerprint density at radius 3 is 2.70 bits per heavy atom. The molecule has 1 aromatic rings. The molecule has 5 nitrogen and oxygen atoms in total. The van der Waals surface area contributed by atoms with Crippen molar-refractivity contribution in [2.24, 2.45) is 0 Å². The second kappa shape index (κ2) is 6.47. The van der Waals surface area contributed by atoms with Gasteiger partial charge in [-0.05, 0) is 12.1 Å². The lowest BCUT2D eigenvalue weighted by Crippen LogP contribution is -2.32. The van der Waals surface area contributed by atoms with Crippen LogP contribution in [0.4, 0.5) is 4.39 Å². The van der Waals surface area contributed by atoms with Crippen LogP contribution in [0.1, 0.15) is 17.3 Å². The third kappa shape index (κ3) is 3.54. The van der Waals surface area contributed by atoms with Crippen LogP contribution < -0.4 is 0 Å². The van der Waals surface area contributed by atoms with E-state index in [1.165, 1.54) is 6.92 Å². The lowest BCUT2D eigenvalue weighted by atomic mass is 10.2. The molecule has 0 aromatic heterocycles. The summed E-state index contributed by atoms with van der Waals surface area (Å²) in [6.07, 6.45) is -3.34. The van der Waals surface area contributed by atoms with Gasteiger partial charge in [-0.15, -0.1) is 0 Å². The molecule has 0 amide bonds. The first-order valence-corrected chi connectivity index (χ1v) is 6.23. The van der Waals surface area contributed by atoms with E-state index in [1.807, 2.05) is 0 Å². The van der Waals surface area contributed by atoms with Crippen LogP contribution in [-0.2, 0) is 19.0 Å². The molecule has 0 bridgehead atoms. The molecule has 0 N–H and O–H groups in total. The molecule has 2 rings (SSSR count). The van der Waals surface area contributed by atoms with Crippen LogP contribution in [-0.4, -0.2) is 43.5 Å². The van der Waals surface area contributed by atoms with Crippen LogP contribution in [0.3, 0.4) is 0 Å². The van der Waals surface area contributed by atoms with Crippen molar-refractivity contribution < 1.29 is 28.2 Å². The number of hydrogen-bond acceptors (Lipinski definition) is 5. The fourth-order valence-corrected chi connectivity index (χ4v) is 1.91. The third-order valence-electron chi connectivity index (χ3n) is 2.89. The minimum absolute atomic E-state index is 0.0334. The van der Waals surface area contributed by atoms with Crippen molar-refractivity contribution in [1.29, 1.82) is 0 Å². The van der Waals surface area contributed by atoms with E-state index in [-0.39, 0.29) is 13.2 Å². The number of rotatable bonds is 4. The van der Waals surface area contributed by atoms with Gasteiger partial charge in [0, 0.05) is 6.92 Å². The first-order chi connectivity index (χ1) is 9.58. The third-order valence-corrected chi connectivity index (χ3v) is 2.89. The number of esters is 2. The molecule has 3 atom stereocenters. The fraction of sp³-hybridized carbons (Fsp3) is 0.429. The molecule has 0 radical (unpaired) electrons. The molecule has 1 fully saturated rings. The number of halogens is 1. The van der Waals surface area contributed by atoms with E-state index in [9.17, 15) is 14.0 Å². The van der Waals surface area contributed by atoms with Gasteiger partial charge in [0.25, 0.3) is 0 Å². The maximum absolute atomic E-state index is 13.9. The van der Waals surface area contributed by atoms with Crippen molar-refractivity contribution in [2.45, 2.75) is 25.3 Å². The number of hydrogen-bond donors (Lipinski definition) is 0. The maximum atomic E-state index is 13.9. The normalized spacial score (nSPS) is 25.2. The van der Waals surface area contributed by atoms with Gasteiger partial charge < -0.3 is 14.2 Å². The minimum atomic E-state index is -1.50. The van der Waals surface area contributed by atoms with Crippen molar-refractivity contribution in [3.63, 3.8) is 0 Å². The van der Waals surface area contributed by atoms with Crippen molar-refractivity contribution in [3.8, 4) is 0 Å². The summed E-state index contributed by atoms with van der Waals surface area (Å²) in [6, 6.07) is 8.39. The summed E-state index contributed by atoms with van der Waals surface area (Å²) in [5, 5.41) is 0. The topological polar surface area (TPSA) is 61.8 Å². The first-order valence-electron chi connectivity index (χ1n) is 6.23. The van der Waals surface area contributed by atoms with Crippen LogP contribution in [0.2, 0.25) is 0 Å². The van der Waals surface area contributed by atoms with Crippen LogP contribution in [0.15, 0.2) is 30.3 Å². The zero-order chi connectivity index (χ0) is 14.5. The monoisotopic (exact) mass is 282 g/mol. The highest BCUT2D eigenvalue weighted by Crippen LogP contribution is 2.21. The predicted molar refractivity (Wildman–Crippen MR) is 66.9 cm³/mol. The molecule has 1 aliphatic heterocycles. The molecule has 1 aromatic carbocycles. The van der Waals surface area contributed by atoms with E-state index >= 15 is 0 Å². The standard InChI is InChI=1S/C14H15FO5/c1-9(16)20-12-8-18-11(13(12)15)7-19-14(17)10-5-3-2-4-6-10/h2-6,11-13H,7-8H2,1H3/t11-,12+,13+/m1/s1. The Bertz CT molecular complexity index is 476.